The molecule has 0 aromatic carbocycles. The number of rotatable bonds is 4. The van der Waals surface area contributed by atoms with Gasteiger partial charge in [0.2, 0.25) is 0 Å². The van der Waals surface area contributed by atoms with Crippen LogP contribution in [0.4, 0.5) is 0 Å². The molecule has 0 saturated carbocycles. The Morgan fingerprint density at radius 2 is 2.17 bits per heavy atom. The van der Waals surface area contributed by atoms with Crippen molar-refractivity contribution in [2.75, 3.05) is 6.54 Å². The number of hydrogen-bond donors (Lipinski definition) is 1. The Balaban J connectivity index is 2.20. The molecule has 0 fully saturated rings. The van der Waals surface area contributed by atoms with Crippen LogP contribution in [0.2, 0.25) is 0 Å². The molecule has 2 aromatic rings. The smallest absolute Gasteiger partial charge is 0.0972 e. The lowest BCUT2D eigenvalue weighted by molar-refractivity contribution is 0.947. The number of nitrogens with zero attached hydrogens (tertiary/aromatic N) is 1. The van der Waals surface area contributed by atoms with Crippen LogP contribution < -0.4 is 5.73 Å². The van der Waals surface area contributed by atoms with Crippen LogP contribution in [0.1, 0.15) is 21.4 Å². The molecule has 1 atom stereocenters. The van der Waals surface area contributed by atoms with E-state index in [1.165, 1.54) is 10.4 Å². The molecule has 2 aromatic heterocycles. The van der Waals surface area contributed by atoms with E-state index in [1.54, 1.807) is 23.1 Å². The van der Waals surface area contributed by atoms with Crippen LogP contribution in [0.5, 0.6) is 0 Å². The first kappa shape index (κ1) is 14.1. The summed E-state index contributed by atoms with van der Waals surface area (Å²) in [5.41, 5.74) is 8.18. The third kappa shape index (κ3) is 3.57. The van der Waals surface area contributed by atoms with Gasteiger partial charge in [-0.1, -0.05) is 11.8 Å². The van der Waals surface area contributed by atoms with E-state index in [0.29, 0.717) is 6.54 Å². The first-order chi connectivity index (χ1) is 8.58. The number of nitrogens with two attached hydrogens (primary N) is 1. The summed E-state index contributed by atoms with van der Waals surface area (Å²) in [6, 6.07) is 8.40. The van der Waals surface area contributed by atoms with Crippen LogP contribution in [0.3, 0.4) is 0 Å². The van der Waals surface area contributed by atoms with Crippen molar-refractivity contribution in [2.45, 2.75) is 24.1 Å². The Hall–Kier alpha value is -0.360. The van der Waals surface area contributed by atoms with Gasteiger partial charge in [-0.15, -0.1) is 11.3 Å². The van der Waals surface area contributed by atoms with Crippen LogP contribution in [-0.4, -0.2) is 11.5 Å². The molecule has 2 rings (SSSR count). The maximum atomic E-state index is 5.88. The van der Waals surface area contributed by atoms with E-state index in [0.717, 1.165) is 14.5 Å². The molecule has 5 heteroatoms. The van der Waals surface area contributed by atoms with E-state index in [2.05, 4.69) is 52.1 Å². The molecular formula is C13H15BrN2S2. The van der Waals surface area contributed by atoms with Gasteiger partial charge >= 0.3 is 0 Å². The van der Waals surface area contributed by atoms with Crippen molar-refractivity contribution in [3.8, 4) is 0 Å². The Morgan fingerprint density at radius 1 is 1.39 bits per heavy atom. The Bertz CT molecular complexity index is 519. The summed E-state index contributed by atoms with van der Waals surface area (Å²) in [7, 11) is 0. The highest BCUT2D eigenvalue weighted by molar-refractivity contribution is 9.11. The average Bonchev–Trinajstić information content (AvgIpc) is 2.71. The van der Waals surface area contributed by atoms with Gasteiger partial charge in [-0.2, -0.15) is 0 Å². The number of thiophene rings is 1. The van der Waals surface area contributed by atoms with Crippen LogP contribution in [0.25, 0.3) is 0 Å². The maximum absolute atomic E-state index is 5.88. The summed E-state index contributed by atoms with van der Waals surface area (Å²) < 4.78 is 1.14. The van der Waals surface area contributed by atoms with Gasteiger partial charge < -0.3 is 5.73 Å². The lowest BCUT2D eigenvalue weighted by Gasteiger charge is -2.12. The lowest BCUT2D eigenvalue weighted by Crippen LogP contribution is -2.08. The summed E-state index contributed by atoms with van der Waals surface area (Å²) in [6.45, 7) is 4.74. The van der Waals surface area contributed by atoms with E-state index in [-0.39, 0.29) is 5.25 Å². The SMILES string of the molecule is Cc1cc(C)nc(SC(CN)c2ccc(Br)s2)c1. The molecule has 0 radical (unpaired) electrons. The minimum atomic E-state index is 0.273. The number of pyridine rings is 1. The van der Waals surface area contributed by atoms with E-state index >= 15 is 0 Å². The van der Waals surface area contributed by atoms with Crippen LogP contribution in [0, 0.1) is 13.8 Å². The van der Waals surface area contributed by atoms with Gasteiger partial charge in [0.05, 0.1) is 14.1 Å². The van der Waals surface area contributed by atoms with Crippen molar-refractivity contribution in [3.63, 3.8) is 0 Å². The highest BCUT2D eigenvalue weighted by Gasteiger charge is 2.14. The second kappa shape index (κ2) is 6.19. The Labute approximate surface area is 124 Å². The molecule has 0 aliphatic heterocycles. The summed E-state index contributed by atoms with van der Waals surface area (Å²) >= 11 is 6.96. The minimum absolute atomic E-state index is 0.273. The minimum Gasteiger partial charge on any atom is -0.329 e. The highest BCUT2D eigenvalue weighted by Crippen LogP contribution is 2.38. The van der Waals surface area contributed by atoms with E-state index < -0.39 is 0 Å². The molecule has 0 aliphatic carbocycles. The third-order valence-electron chi connectivity index (χ3n) is 2.46. The van der Waals surface area contributed by atoms with Crippen LogP contribution in [-0.2, 0) is 0 Å². The van der Waals surface area contributed by atoms with Gasteiger partial charge in [0, 0.05) is 17.1 Å². The van der Waals surface area contributed by atoms with Gasteiger partial charge in [-0.25, -0.2) is 4.98 Å². The third-order valence-corrected chi connectivity index (χ3v) is 5.53. The normalized spacial score (nSPS) is 12.7. The van der Waals surface area contributed by atoms with Crippen molar-refractivity contribution in [1.82, 2.24) is 4.98 Å². The molecule has 1 unspecified atom stereocenters. The summed E-state index contributed by atoms with van der Waals surface area (Å²) in [5.74, 6) is 0. The second-order valence-electron chi connectivity index (χ2n) is 4.11. The standard InChI is InChI=1S/C13H15BrN2S2/c1-8-5-9(2)16-13(6-8)18-11(7-15)10-3-4-12(14)17-10/h3-6,11H,7,15H2,1-2H3. The zero-order valence-electron chi connectivity index (χ0n) is 10.3. The van der Waals surface area contributed by atoms with Crippen LogP contribution in [0.15, 0.2) is 33.1 Å². The molecule has 0 amide bonds. The van der Waals surface area contributed by atoms with Crippen LogP contribution >= 0.6 is 39.0 Å². The van der Waals surface area contributed by atoms with Gasteiger partial charge in [0.15, 0.2) is 0 Å². The topological polar surface area (TPSA) is 38.9 Å². The van der Waals surface area contributed by atoms with Gasteiger partial charge in [-0.3, -0.25) is 0 Å². The van der Waals surface area contributed by atoms with Gasteiger partial charge in [-0.05, 0) is 59.6 Å². The fourth-order valence-electron chi connectivity index (χ4n) is 1.73. The van der Waals surface area contributed by atoms with Crippen molar-refractivity contribution >= 4 is 39.0 Å². The predicted octanol–water partition coefficient (Wildman–Crippen LogP) is 4.31. The van der Waals surface area contributed by atoms with Gasteiger partial charge in [0.1, 0.15) is 0 Å². The second-order valence-corrected chi connectivity index (χ2v) is 7.83. The monoisotopic (exact) mass is 342 g/mol. The Morgan fingerprint density at radius 3 is 2.72 bits per heavy atom. The average molecular weight is 343 g/mol. The number of thioether (sulfide) groups is 1. The van der Waals surface area contributed by atoms with E-state index in [4.69, 9.17) is 5.73 Å². The fourth-order valence-corrected chi connectivity index (χ4v) is 4.47. The van der Waals surface area contributed by atoms with Gasteiger partial charge in [0.25, 0.3) is 0 Å². The maximum Gasteiger partial charge on any atom is 0.0972 e. The molecule has 18 heavy (non-hydrogen) atoms. The lowest BCUT2D eigenvalue weighted by atomic mass is 10.3. The Kier molecular flexibility index (Phi) is 4.84. The number of halogens is 1. The predicted molar refractivity (Wildman–Crippen MR) is 83.4 cm³/mol. The summed E-state index contributed by atoms with van der Waals surface area (Å²) in [5, 5.41) is 1.32. The molecule has 2 N–H and O–H groups in total. The molecular weight excluding hydrogens is 328 g/mol. The number of aromatic nitrogens is 1. The molecule has 0 bridgehead atoms. The first-order valence-corrected chi connectivity index (χ1v) is 8.14. The van der Waals surface area contributed by atoms with E-state index in [9.17, 15) is 0 Å². The fraction of sp³-hybridized carbons (Fsp3) is 0.308. The number of hydrogen-bond acceptors (Lipinski definition) is 4. The van der Waals surface area contributed by atoms with Crippen molar-refractivity contribution in [2.24, 2.45) is 5.73 Å². The molecule has 0 aliphatic rings. The molecule has 96 valence electrons. The summed E-state index contributed by atoms with van der Waals surface area (Å²) in [4.78, 5) is 5.84. The zero-order valence-corrected chi connectivity index (χ0v) is 13.5. The quantitative estimate of drug-likeness (QED) is 0.841. The summed E-state index contributed by atoms with van der Waals surface area (Å²) in [6.07, 6.45) is 0. The largest absolute Gasteiger partial charge is 0.329 e. The first-order valence-electron chi connectivity index (χ1n) is 5.65. The molecule has 0 saturated heterocycles. The van der Waals surface area contributed by atoms with E-state index in [1.807, 2.05) is 6.92 Å². The number of aryl methyl sites for hydroxylation is 2. The molecule has 2 nitrogen and oxygen atoms in total. The van der Waals surface area contributed by atoms with Crippen molar-refractivity contribution < 1.29 is 0 Å². The highest BCUT2D eigenvalue weighted by atomic mass is 79.9. The van der Waals surface area contributed by atoms with Crippen molar-refractivity contribution in [3.05, 3.63) is 44.2 Å². The molecule has 2 heterocycles. The zero-order chi connectivity index (χ0) is 13.1. The molecule has 0 spiro atoms. The van der Waals surface area contributed by atoms with Crippen molar-refractivity contribution in [1.29, 1.82) is 0 Å².